The molecule has 4 aromatic rings. The second kappa shape index (κ2) is 9.50. The summed E-state index contributed by atoms with van der Waals surface area (Å²) in [5.41, 5.74) is 1.91. The van der Waals surface area contributed by atoms with Crippen molar-refractivity contribution in [1.29, 1.82) is 5.26 Å². The fourth-order valence-corrected chi connectivity index (χ4v) is 4.52. The molecule has 5 rings (SSSR count). The Balaban J connectivity index is 1.26. The number of rotatable bonds is 6. The van der Waals surface area contributed by atoms with Crippen molar-refractivity contribution in [3.63, 3.8) is 0 Å². The fraction of sp³-hybridized carbons (Fsp3) is 0.185. The van der Waals surface area contributed by atoms with Crippen molar-refractivity contribution in [3.8, 4) is 11.8 Å². The summed E-state index contributed by atoms with van der Waals surface area (Å²) in [5.74, 6) is -1.01. The number of carbonyl (C=O) groups excluding carboxylic acids is 2. The molecule has 2 N–H and O–H groups in total. The number of imidazole rings is 1. The highest BCUT2D eigenvalue weighted by atomic mass is 19.1. The van der Waals surface area contributed by atoms with Crippen molar-refractivity contribution in [2.75, 3.05) is 11.4 Å². The van der Waals surface area contributed by atoms with Crippen LogP contribution < -0.4 is 10.2 Å². The van der Waals surface area contributed by atoms with Crippen molar-refractivity contribution in [2.45, 2.75) is 25.4 Å². The highest BCUT2D eigenvalue weighted by molar-refractivity contribution is 6.08. The molecule has 36 heavy (non-hydrogen) atoms. The highest BCUT2D eigenvalue weighted by Crippen LogP contribution is 2.32. The first kappa shape index (κ1) is 23.1. The van der Waals surface area contributed by atoms with Crippen LogP contribution in [-0.2, 0) is 22.6 Å². The van der Waals surface area contributed by atoms with E-state index >= 15 is 0 Å². The molecule has 1 fully saturated rings. The van der Waals surface area contributed by atoms with Gasteiger partial charge < -0.3 is 19.9 Å². The van der Waals surface area contributed by atoms with Crippen molar-refractivity contribution in [2.24, 2.45) is 0 Å². The third-order valence-corrected chi connectivity index (χ3v) is 6.32. The van der Waals surface area contributed by atoms with Gasteiger partial charge in [-0.2, -0.15) is 5.26 Å². The molecule has 3 aromatic carbocycles. The first-order chi connectivity index (χ1) is 17.4. The molecule has 0 saturated carbocycles. The van der Waals surface area contributed by atoms with Gasteiger partial charge in [-0.3, -0.25) is 9.59 Å². The van der Waals surface area contributed by atoms with Crippen LogP contribution in [0.1, 0.15) is 23.2 Å². The maximum Gasteiger partial charge on any atom is 0.249 e. The number of anilines is 1. The molecule has 1 atom stereocenters. The number of benzene rings is 3. The van der Waals surface area contributed by atoms with Gasteiger partial charge in [0.05, 0.1) is 24.0 Å². The Bertz CT molecular complexity index is 1520. The second-order valence-corrected chi connectivity index (χ2v) is 8.70. The van der Waals surface area contributed by atoms with Gasteiger partial charge in [0, 0.05) is 30.4 Å². The molecule has 0 aliphatic carbocycles. The van der Waals surface area contributed by atoms with E-state index in [-0.39, 0.29) is 36.1 Å². The number of halogens is 1. The van der Waals surface area contributed by atoms with Gasteiger partial charge in [0.2, 0.25) is 11.8 Å². The number of amides is 2. The molecule has 8 nitrogen and oxygen atoms in total. The van der Waals surface area contributed by atoms with E-state index in [1.807, 2.05) is 18.2 Å². The monoisotopic (exact) mass is 483 g/mol. The van der Waals surface area contributed by atoms with E-state index in [2.05, 4.69) is 10.3 Å². The number of hydrogen-bond acceptors (Lipinski definition) is 5. The number of hydrogen-bond donors (Lipinski definition) is 2. The van der Waals surface area contributed by atoms with Gasteiger partial charge in [0.15, 0.2) is 0 Å². The first-order valence-corrected chi connectivity index (χ1v) is 11.4. The quantitative estimate of drug-likeness (QED) is 0.437. The third-order valence-electron chi connectivity index (χ3n) is 6.32. The van der Waals surface area contributed by atoms with Gasteiger partial charge in [0.1, 0.15) is 23.7 Å². The molecule has 2 amide bonds. The van der Waals surface area contributed by atoms with E-state index in [1.165, 1.54) is 12.1 Å². The molecule has 2 heterocycles. The van der Waals surface area contributed by atoms with Crippen LogP contribution in [0.15, 0.2) is 67.1 Å². The number of nitrogens with one attached hydrogen (secondary N) is 1. The maximum atomic E-state index is 14.0. The number of aromatic nitrogens is 2. The lowest BCUT2D eigenvalue weighted by Gasteiger charge is -2.19. The zero-order valence-corrected chi connectivity index (χ0v) is 19.2. The minimum absolute atomic E-state index is 0.00464. The molecule has 1 aliphatic heterocycles. The molecular weight excluding hydrogens is 461 g/mol. The first-order valence-electron chi connectivity index (χ1n) is 11.4. The summed E-state index contributed by atoms with van der Waals surface area (Å²) in [6.07, 6.45) is 3.58. The molecule has 1 aliphatic rings. The Kier molecular flexibility index (Phi) is 6.09. The number of nitriles is 1. The fourth-order valence-electron chi connectivity index (χ4n) is 4.52. The summed E-state index contributed by atoms with van der Waals surface area (Å²) in [6.45, 7) is 0.732. The van der Waals surface area contributed by atoms with Crippen LogP contribution in [0.5, 0.6) is 5.75 Å². The smallest absolute Gasteiger partial charge is 0.249 e. The van der Waals surface area contributed by atoms with Crippen molar-refractivity contribution < 1.29 is 19.1 Å². The van der Waals surface area contributed by atoms with Crippen LogP contribution in [0.4, 0.5) is 10.1 Å². The second-order valence-electron chi connectivity index (χ2n) is 8.70. The zero-order chi connectivity index (χ0) is 25.2. The summed E-state index contributed by atoms with van der Waals surface area (Å²) in [5, 5.41) is 23.3. The zero-order valence-electron chi connectivity index (χ0n) is 19.2. The lowest BCUT2D eigenvalue weighted by Crippen LogP contribution is -2.42. The average Bonchev–Trinajstić information content (AvgIpc) is 3.44. The number of phenols is 1. The average molecular weight is 484 g/mol. The van der Waals surface area contributed by atoms with E-state index in [1.54, 1.807) is 52.3 Å². The van der Waals surface area contributed by atoms with Crippen LogP contribution in [-0.4, -0.2) is 39.1 Å². The number of carbonyl (C=O) groups is 2. The molecule has 1 aromatic heterocycles. The van der Waals surface area contributed by atoms with Crippen LogP contribution in [0.25, 0.3) is 10.8 Å². The third kappa shape index (κ3) is 4.49. The van der Waals surface area contributed by atoms with E-state index in [4.69, 9.17) is 5.26 Å². The molecule has 180 valence electrons. The predicted octanol–water partition coefficient (Wildman–Crippen LogP) is 3.27. The largest absolute Gasteiger partial charge is 0.508 e. The van der Waals surface area contributed by atoms with Gasteiger partial charge in [-0.25, -0.2) is 9.37 Å². The van der Waals surface area contributed by atoms with E-state index in [0.717, 1.165) is 10.8 Å². The van der Waals surface area contributed by atoms with Crippen LogP contribution in [0.2, 0.25) is 0 Å². The lowest BCUT2D eigenvalue weighted by molar-refractivity contribution is -0.126. The predicted molar refractivity (Wildman–Crippen MR) is 131 cm³/mol. The summed E-state index contributed by atoms with van der Waals surface area (Å²) in [7, 11) is 0. The standard InChI is InChI=1S/C27H22FN5O3/c28-23-10-17(4-5-19(23)13-29)15-32-16-30-14-20(32)11-26(35)31-24-8-9-33(27(24)36)25-3-1-2-18-6-7-21(34)12-22(18)25/h1-7,10,12,14,16,24,34H,8-9,11,15H2,(H,31,35). The van der Waals surface area contributed by atoms with Gasteiger partial charge in [-0.1, -0.05) is 24.3 Å². The van der Waals surface area contributed by atoms with Crippen LogP contribution in [0, 0.1) is 17.1 Å². The van der Waals surface area contributed by atoms with Gasteiger partial charge in [-0.05, 0) is 47.7 Å². The summed E-state index contributed by atoms with van der Waals surface area (Å²) in [4.78, 5) is 31.7. The normalized spacial score (nSPS) is 15.3. The van der Waals surface area contributed by atoms with Gasteiger partial charge in [-0.15, -0.1) is 0 Å². The molecular formula is C27H22FN5O3. The number of aromatic hydroxyl groups is 1. The number of nitrogens with zero attached hydrogens (tertiary/aromatic N) is 4. The number of fused-ring (bicyclic) bond motifs is 1. The number of phenolic OH excluding ortho intramolecular Hbond substituents is 1. The molecule has 1 saturated heterocycles. The minimum Gasteiger partial charge on any atom is -0.508 e. The topological polar surface area (TPSA) is 111 Å². The Hall–Kier alpha value is -4.71. The van der Waals surface area contributed by atoms with E-state index < -0.39 is 11.9 Å². The Morgan fingerprint density at radius 3 is 2.89 bits per heavy atom. The van der Waals surface area contributed by atoms with Gasteiger partial charge >= 0.3 is 0 Å². The Labute approximate surface area is 206 Å². The molecule has 0 radical (unpaired) electrons. The van der Waals surface area contributed by atoms with E-state index in [9.17, 15) is 19.1 Å². The summed E-state index contributed by atoms with van der Waals surface area (Å²) < 4.78 is 15.7. The van der Waals surface area contributed by atoms with Crippen LogP contribution in [0.3, 0.4) is 0 Å². The molecule has 0 spiro atoms. The van der Waals surface area contributed by atoms with Crippen molar-refractivity contribution in [1.82, 2.24) is 14.9 Å². The molecule has 9 heteroatoms. The Morgan fingerprint density at radius 2 is 2.08 bits per heavy atom. The summed E-state index contributed by atoms with van der Waals surface area (Å²) in [6, 6.07) is 16.1. The maximum absolute atomic E-state index is 14.0. The SMILES string of the molecule is N#Cc1ccc(Cn2cncc2CC(=O)NC2CCN(c3cccc4ccc(O)cc34)C2=O)cc1F. The Morgan fingerprint density at radius 1 is 1.22 bits per heavy atom. The summed E-state index contributed by atoms with van der Waals surface area (Å²) >= 11 is 0. The van der Waals surface area contributed by atoms with Crippen molar-refractivity contribution in [3.05, 3.63) is 89.8 Å². The minimum atomic E-state index is -0.658. The molecule has 1 unspecified atom stereocenters. The van der Waals surface area contributed by atoms with Crippen molar-refractivity contribution >= 4 is 28.3 Å². The highest BCUT2D eigenvalue weighted by Gasteiger charge is 2.34. The van der Waals surface area contributed by atoms with E-state index in [0.29, 0.717) is 29.9 Å². The van der Waals surface area contributed by atoms with Crippen LogP contribution >= 0.6 is 0 Å². The molecule has 0 bridgehead atoms. The van der Waals surface area contributed by atoms with Gasteiger partial charge in [0.25, 0.3) is 0 Å². The lowest BCUT2D eigenvalue weighted by atomic mass is 10.1.